The van der Waals surface area contributed by atoms with Crippen molar-refractivity contribution < 1.29 is 57.0 Å². The average molecular weight is 1380 g/mol. The number of rotatable bonds is 16. The summed E-state index contributed by atoms with van der Waals surface area (Å²) in [6.07, 6.45) is 5.42. The molecule has 27 heteroatoms. The number of carbonyl (C=O) groups is 6. The molecule has 4 aromatic rings. The quantitative estimate of drug-likeness (QED) is 0.0605. The SMILES string of the molecule is CCn1c(-c2cc(N3CCN(C(=O)OCC[Si](C)(C)C)CC3)cnc2[C@H](C)OC)c(CC(C)(C)COC(=O)[C@@H]2CCCN(C(=O)[C@@H]3Cc4nc(Br)nn4/C=C/[C@@H]4[C@H](CCN4C(=O)OC(C)(C)C)C(=O)N(C)[C@@H](C(C)C)C(=O)N3)N2)c2cc(B3OC(C)(C)C(C)(C)O3)ccc21. The molecular weight excluding hydrogens is 1280 g/mol. The summed E-state index contributed by atoms with van der Waals surface area (Å²) >= 11 is 3.40. The number of methoxy groups -OCH3 is 1. The molecule has 2 N–H and O–H groups in total. The van der Waals surface area contributed by atoms with Crippen LogP contribution in [0, 0.1) is 17.3 Å². The zero-order valence-electron chi connectivity index (χ0n) is 58.5. The standard InChI is InChI=1S/C67H100BBrN12O12Si/c1-19-78-51-23-22-43(68-92-66(10,11)67(12,13)93-68)35-46(51)48(56(78)47-36-44(39-70-54(47)42(4)88-15)76-29-31-77(32-30-76)62(86)89-33-34-94(16,17)18)38-65(8,9)40-90-60(85)49-21-20-26-81(73-49)59(84)50-37-53-72-61(69)74-80(53)28-25-52-45(24-27-79(52)63(87)91-64(5,6)7)58(83)75(14)55(41(2)3)57(82)71-50/h22-23,25,28,35-36,39,41-42,45,49-50,52,55,73H,19-21,24,26-27,29-34,37-38,40H2,1-18H3,(H,71,82)/b28-25+/t42-,45-,49-,50-,52+,55-/m0/s1. The number of halogens is 1. The Bertz CT molecular complexity index is 3480. The Balaban J connectivity index is 0.984. The van der Waals surface area contributed by atoms with Gasteiger partial charge in [-0.25, -0.2) is 24.7 Å². The van der Waals surface area contributed by atoms with Crippen molar-refractivity contribution in [1.29, 1.82) is 0 Å². The lowest BCUT2D eigenvalue weighted by molar-refractivity contribution is -0.155. The van der Waals surface area contributed by atoms with Gasteiger partial charge in [0, 0.05) is 103 Å². The van der Waals surface area contributed by atoms with Gasteiger partial charge in [0.05, 0.1) is 65.8 Å². The van der Waals surface area contributed by atoms with Crippen molar-refractivity contribution in [1.82, 2.24) is 54.8 Å². The molecule has 24 nitrogen and oxygen atoms in total. The van der Waals surface area contributed by atoms with Gasteiger partial charge in [-0.2, -0.15) is 0 Å². The van der Waals surface area contributed by atoms with Crippen molar-refractivity contribution in [2.75, 3.05) is 71.5 Å². The number of anilines is 1. The van der Waals surface area contributed by atoms with Crippen LogP contribution in [0.3, 0.4) is 0 Å². The lowest BCUT2D eigenvalue weighted by atomic mass is 9.77. The predicted octanol–water partition coefficient (Wildman–Crippen LogP) is 8.61. The van der Waals surface area contributed by atoms with Crippen molar-refractivity contribution in [3.8, 4) is 11.3 Å². The molecule has 5 aliphatic heterocycles. The molecule has 4 saturated heterocycles. The monoisotopic (exact) mass is 1380 g/mol. The first kappa shape index (κ1) is 71.9. The number of fused-ring (bicyclic) bond motifs is 3. The van der Waals surface area contributed by atoms with Crippen molar-refractivity contribution in [2.45, 2.75) is 201 Å². The lowest BCUT2D eigenvalue weighted by Gasteiger charge is -2.37. The number of piperazine rings is 1. The van der Waals surface area contributed by atoms with E-state index in [0.717, 1.165) is 50.6 Å². The Hall–Kier alpha value is -6.39. The van der Waals surface area contributed by atoms with Gasteiger partial charge < -0.3 is 57.7 Å². The van der Waals surface area contributed by atoms with Crippen molar-refractivity contribution in [3.05, 3.63) is 58.4 Å². The second-order valence-corrected chi connectivity index (χ2v) is 36.5. The maximum Gasteiger partial charge on any atom is 0.494 e. The van der Waals surface area contributed by atoms with Gasteiger partial charge in [0.15, 0.2) is 0 Å². The fourth-order valence-electron chi connectivity index (χ4n) is 13.1. The van der Waals surface area contributed by atoms with Crippen LogP contribution >= 0.6 is 15.9 Å². The zero-order valence-corrected chi connectivity index (χ0v) is 61.1. The summed E-state index contributed by atoms with van der Waals surface area (Å²) in [4.78, 5) is 103. The third-order valence-electron chi connectivity index (χ3n) is 19.1. The number of likely N-dealkylation sites (N-methyl/N-ethyl adjacent to an activating group) is 1. The third-order valence-corrected chi connectivity index (χ3v) is 21.1. The molecule has 0 saturated carbocycles. The van der Waals surface area contributed by atoms with E-state index in [1.807, 2.05) is 54.7 Å². The van der Waals surface area contributed by atoms with Gasteiger partial charge in [0.2, 0.25) is 16.5 Å². The van der Waals surface area contributed by atoms with E-state index in [9.17, 15) is 24.0 Å². The van der Waals surface area contributed by atoms with Crippen molar-refractivity contribution in [3.63, 3.8) is 0 Å². The third kappa shape index (κ3) is 16.0. The Labute approximate surface area is 564 Å². The summed E-state index contributed by atoms with van der Waals surface area (Å²) in [5.74, 6) is -2.78. The van der Waals surface area contributed by atoms with Gasteiger partial charge in [-0.3, -0.25) is 29.2 Å². The highest BCUT2D eigenvalue weighted by atomic mass is 79.9. The minimum atomic E-state index is -1.38. The number of hydrogen-bond donors (Lipinski definition) is 2. The molecule has 0 unspecified atom stereocenters. The van der Waals surface area contributed by atoms with Gasteiger partial charge in [0.1, 0.15) is 29.6 Å². The van der Waals surface area contributed by atoms with E-state index in [4.69, 9.17) is 33.2 Å². The predicted molar refractivity (Wildman–Crippen MR) is 367 cm³/mol. The maximum absolute atomic E-state index is 15.1. The van der Waals surface area contributed by atoms with Gasteiger partial charge in [-0.15, -0.1) is 5.10 Å². The van der Waals surface area contributed by atoms with Gasteiger partial charge in [0.25, 0.3) is 5.91 Å². The van der Waals surface area contributed by atoms with E-state index in [1.54, 1.807) is 52.1 Å². The maximum atomic E-state index is 15.1. The molecule has 0 radical (unpaired) electrons. The molecule has 94 heavy (non-hydrogen) atoms. The molecule has 8 heterocycles. The summed E-state index contributed by atoms with van der Waals surface area (Å²) in [5.41, 5.74) is 6.89. The summed E-state index contributed by atoms with van der Waals surface area (Å²) in [5, 5.41) is 9.87. The summed E-state index contributed by atoms with van der Waals surface area (Å²) in [6, 6.07) is 5.55. The number of pyridine rings is 1. The highest BCUT2D eigenvalue weighted by Gasteiger charge is 2.52. The molecular formula is C67H100BBrN12O12Si. The van der Waals surface area contributed by atoms with Gasteiger partial charge in [-0.1, -0.05) is 59.5 Å². The molecule has 3 aromatic heterocycles. The van der Waals surface area contributed by atoms with Crippen LogP contribution in [0.25, 0.3) is 28.4 Å². The Morgan fingerprint density at radius 2 is 1.60 bits per heavy atom. The molecule has 6 atom stereocenters. The van der Waals surface area contributed by atoms with Gasteiger partial charge in [-0.05, 0) is 145 Å². The largest absolute Gasteiger partial charge is 0.494 e. The molecule has 9 rings (SSSR count). The zero-order chi connectivity index (χ0) is 68.7. The second kappa shape index (κ2) is 28.4. The summed E-state index contributed by atoms with van der Waals surface area (Å²) in [7, 11) is 1.24. The number of aromatic nitrogens is 5. The number of carbonyl (C=O) groups excluding carboxylic acids is 6. The number of amides is 5. The molecule has 5 aliphatic rings. The number of hydrazine groups is 1. The van der Waals surface area contributed by atoms with E-state index >= 15 is 4.79 Å². The first-order valence-corrected chi connectivity index (χ1v) is 37.8. The fourth-order valence-corrected chi connectivity index (χ4v) is 14.2. The van der Waals surface area contributed by atoms with E-state index in [1.165, 1.54) is 19.5 Å². The average Bonchev–Trinajstić information content (AvgIpc) is 1.57. The smallest absolute Gasteiger partial charge is 0.464 e. The highest BCUT2D eigenvalue weighted by molar-refractivity contribution is 9.10. The summed E-state index contributed by atoms with van der Waals surface area (Å²) < 4.78 is 41.2. The molecule has 514 valence electrons. The number of nitrogens with one attached hydrogen (secondary N) is 2. The number of esters is 1. The van der Waals surface area contributed by atoms with Crippen LogP contribution in [0.15, 0.2) is 41.3 Å². The second-order valence-electron chi connectivity index (χ2n) is 30.1. The number of hydrogen-bond acceptors (Lipinski definition) is 17. The Morgan fingerprint density at radius 1 is 0.904 bits per heavy atom. The van der Waals surface area contributed by atoms with Crippen LogP contribution in [-0.2, 0) is 66.8 Å². The van der Waals surface area contributed by atoms with Crippen molar-refractivity contribution in [2.24, 2.45) is 17.3 Å². The van der Waals surface area contributed by atoms with Crippen LogP contribution in [0.4, 0.5) is 15.3 Å². The highest BCUT2D eigenvalue weighted by Crippen LogP contribution is 2.43. The van der Waals surface area contributed by atoms with Crippen LogP contribution in [0.5, 0.6) is 0 Å². The van der Waals surface area contributed by atoms with E-state index in [2.05, 4.69) is 111 Å². The normalized spacial score (nSPS) is 22.9. The Morgan fingerprint density at radius 3 is 2.23 bits per heavy atom. The number of nitrogens with zero attached hydrogens (tertiary/aromatic N) is 10. The van der Waals surface area contributed by atoms with Crippen molar-refractivity contribution >= 4 is 95.3 Å². The molecule has 0 spiro atoms. The lowest BCUT2D eigenvalue weighted by Crippen LogP contribution is -2.62. The molecule has 1 aromatic carbocycles. The first-order valence-electron chi connectivity index (χ1n) is 33.3. The molecule has 0 bridgehead atoms. The van der Waals surface area contributed by atoms with E-state index in [-0.39, 0.29) is 48.8 Å². The Kier molecular flexibility index (Phi) is 21.7. The minimum absolute atomic E-state index is 0.00834. The molecule has 5 amide bonds. The topological polar surface area (TPSA) is 247 Å². The van der Waals surface area contributed by atoms with Gasteiger partial charge >= 0.3 is 25.3 Å². The minimum Gasteiger partial charge on any atom is -0.464 e. The van der Waals surface area contributed by atoms with Crippen LogP contribution in [0.1, 0.15) is 132 Å². The first-order chi connectivity index (χ1) is 44.0. The number of benzene rings is 1. The van der Waals surface area contributed by atoms with Crippen LogP contribution in [-0.4, -0.2) is 203 Å². The number of likely N-dealkylation sites (tertiary alicyclic amines) is 1. The van der Waals surface area contributed by atoms with Crippen LogP contribution < -0.4 is 21.1 Å². The van der Waals surface area contributed by atoms with E-state index in [0.29, 0.717) is 70.8 Å². The van der Waals surface area contributed by atoms with Crippen LogP contribution in [0.2, 0.25) is 25.7 Å². The molecule has 0 aliphatic carbocycles. The number of ether oxygens (including phenoxy) is 4. The fraction of sp³-hybridized carbons (Fsp3) is 0.657. The van der Waals surface area contributed by atoms with E-state index < -0.39 is 97.5 Å². The molecule has 4 fully saturated rings. The number of aryl methyl sites for hydroxylation is 1. The summed E-state index contributed by atoms with van der Waals surface area (Å²) in [6.45, 7) is 35.9.